The number of anilines is 1. The maximum absolute atomic E-state index is 13.4. The van der Waals surface area contributed by atoms with Crippen molar-refractivity contribution in [2.24, 2.45) is 0 Å². The van der Waals surface area contributed by atoms with E-state index in [9.17, 15) is 18.0 Å². The highest BCUT2D eigenvalue weighted by Crippen LogP contribution is 2.29. The molecule has 1 aliphatic rings. The van der Waals surface area contributed by atoms with E-state index in [0.29, 0.717) is 18.5 Å². The molecular weight excluding hydrogens is 450 g/mol. The first-order valence-electron chi connectivity index (χ1n) is 11.2. The molecule has 0 bridgehead atoms. The van der Waals surface area contributed by atoms with Crippen LogP contribution in [-0.4, -0.2) is 37.1 Å². The van der Waals surface area contributed by atoms with E-state index in [1.54, 1.807) is 12.1 Å². The van der Waals surface area contributed by atoms with Crippen LogP contribution in [0.1, 0.15) is 36.9 Å². The number of sulfonamides is 1. The van der Waals surface area contributed by atoms with Crippen molar-refractivity contribution in [2.45, 2.75) is 36.7 Å². The predicted octanol–water partition coefficient (Wildman–Crippen LogP) is 3.70. The molecule has 8 heteroatoms. The second-order valence-corrected chi connectivity index (χ2v) is 10.1. The van der Waals surface area contributed by atoms with Gasteiger partial charge in [-0.05, 0) is 48.2 Å². The number of carbonyl (C=O) groups excluding carboxylic acids is 2. The number of nitrogens with one attached hydrogen (secondary N) is 2. The minimum absolute atomic E-state index is 0.0870. The van der Waals surface area contributed by atoms with Gasteiger partial charge in [-0.2, -0.15) is 4.31 Å². The molecule has 4 rings (SSSR count). The summed E-state index contributed by atoms with van der Waals surface area (Å²) >= 11 is 0. The van der Waals surface area contributed by atoms with E-state index in [0.717, 1.165) is 11.1 Å². The first-order chi connectivity index (χ1) is 16.4. The van der Waals surface area contributed by atoms with Gasteiger partial charge in [-0.25, -0.2) is 8.42 Å². The van der Waals surface area contributed by atoms with Crippen molar-refractivity contribution in [2.75, 3.05) is 11.9 Å². The predicted molar refractivity (Wildman–Crippen MR) is 131 cm³/mol. The zero-order valence-electron chi connectivity index (χ0n) is 18.8. The number of rotatable bonds is 7. The summed E-state index contributed by atoms with van der Waals surface area (Å²) in [7, 11) is -3.88. The summed E-state index contributed by atoms with van der Waals surface area (Å²) in [5.41, 5.74) is 2.35. The molecule has 1 aliphatic heterocycles. The van der Waals surface area contributed by atoms with Crippen LogP contribution in [0.3, 0.4) is 0 Å². The lowest BCUT2D eigenvalue weighted by Crippen LogP contribution is -2.46. The molecule has 1 heterocycles. The third-order valence-electron chi connectivity index (χ3n) is 5.84. The summed E-state index contributed by atoms with van der Waals surface area (Å²) in [5.74, 6) is -0.563. The van der Waals surface area contributed by atoms with Crippen LogP contribution in [-0.2, 0) is 19.6 Å². The molecule has 0 spiro atoms. The van der Waals surface area contributed by atoms with Crippen LogP contribution >= 0.6 is 0 Å². The molecular formula is C26H27N3O4S. The molecule has 176 valence electrons. The first kappa shape index (κ1) is 23.7. The first-order valence-corrected chi connectivity index (χ1v) is 12.6. The Morgan fingerprint density at radius 2 is 1.44 bits per heavy atom. The Labute approximate surface area is 199 Å². The molecule has 3 aromatic carbocycles. The quantitative estimate of drug-likeness (QED) is 0.542. The van der Waals surface area contributed by atoms with Crippen LogP contribution in [0.5, 0.6) is 0 Å². The highest BCUT2D eigenvalue weighted by molar-refractivity contribution is 7.89. The van der Waals surface area contributed by atoms with Crippen molar-refractivity contribution in [3.8, 4) is 0 Å². The SMILES string of the molecule is CC(=O)Nc1ccc(S(=O)(=O)N2CCCC2C(=O)NC(c2ccccc2)c2ccccc2)cc1. The third kappa shape index (κ3) is 5.18. The van der Waals surface area contributed by atoms with E-state index >= 15 is 0 Å². The van der Waals surface area contributed by atoms with Crippen molar-refractivity contribution in [3.05, 3.63) is 96.1 Å². The van der Waals surface area contributed by atoms with Crippen molar-refractivity contribution < 1.29 is 18.0 Å². The van der Waals surface area contributed by atoms with Gasteiger partial charge in [-0.15, -0.1) is 0 Å². The summed E-state index contributed by atoms with van der Waals surface area (Å²) in [6.45, 7) is 1.66. The minimum atomic E-state index is -3.88. The fourth-order valence-electron chi connectivity index (χ4n) is 4.23. The average Bonchev–Trinajstić information content (AvgIpc) is 3.35. The van der Waals surface area contributed by atoms with Crippen molar-refractivity contribution >= 4 is 27.5 Å². The Balaban J connectivity index is 1.57. The van der Waals surface area contributed by atoms with Gasteiger partial charge in [0.25, 0.3) is 0 Å². The highest BCUT2D eigenvalue weighted by Gasteiger charge is 2.40. The van der Waals surface area contributed by atoms with Gasteiger partial charge < -0.3 is 10.6 Å². The highest BCUT2D eigenvalue weighted by atomic mass is 32.2. The smallest absolute Gasteiger partial charge is 0.243 e. The monoisotopic (exact) mass is 477 g/mol. The van der Waals surface area contributed by atoms with E-state index in [1.165, 1.54) is 23.4 Å². The molecule has 2 N–H and O–H groups in total. The van der Waals surface area contributed by atoms with Gasteiger partial charge >= 0.3 is 0 Å². The number of hydrogen-bond acceptors (Lipinski definition) is 4. The van der Waals surface area contributed by atoms with Gasteiger partial charge in [0.2, 0.25) is 21.8 Å². The standard InChI is InChI=1S/C26H27N3O4S/c1-19(30)27-22-14-16-23(17-15-22)34(32,33)29-18-8-13-24(29)26(31)28-25(20-9-4-2-5-10-20)21-11-6-3-7-12-21/h2-7,9-12,14-17,24-25H,8,13,18H2,1H3,(H,27,30)(H,28,31). The molecule has 0 radical (unpaired) electrons. The molecule has 0 aromatic heterocycles. The molecule has 34 heavy (non-hydrogen) atoms. The van der Waals surface area contributed by atoms with Crippen LogP contribution in [0.2, 0.25) is 0 Å². The minimum Gasteiger partial charge on any atom is -0.344 e. The maximum Gasteiger partial charge on any atom is 0.243 e. The fourth-order valence-corrected chi connectivity index (χ4v) is 5.88. The zero-order chi connectivity index (χ0) is 24.1. The second-order valence-electron chi connectivity index (χ2n) is 8.24. The molecule has 7 nitrogen and oxygen atoms in total. The Bertz CT molecular complexity index is 1210. The lowest BCUT2D eigenvalue weighted by molar-refractivity contribution is -0.124. The normalized spacial score (nSPS) is 16.4. The van der Waals surface area contributed by atoms with Gasteiger partial charge in [0.05, 0.1) is 10.9 Å². The topological polar surface area (TPSA) is 95.6 Å². The van der Waals surface area contributed by atoms with Crippen LogP contribution in [0.4, 0.5) is 5.69 Å². The Hall–Kier alpha value is -3.49. The van der Waals surface area contributed by atoms with Gasteiger partial charge in [0, 0.05) is 19.2 Å². The Morgan fingerprint density at radius 3 is 1.97 bits per heavy atom. The molecule has 2 amide bonds. The van der Waals surface area contributed by atoms with Crippen molar-refractivity contribution in [1.29, 1.82) is 0 Å². The number of benzene rings is 3. The number of amides is 2. The fraction of sp³-hybridized carbons (Fsp3) is 0.231. The van der Waals surface area contributed by atoms with E-state index in [1.807, 2.05) is 60.7 Å². The molecule has 3 aromatic rings. The Morgan fingerprint density at radius 1 is 0.882 bits per heavy atom. The van der Waals surface area contributed by atoms with Crippen molar-refractivity contribution in [1.82, 2.24) is 9.62 Å². The Kier molecular flexibility index (Phi) is 7.09. The molecule has 1 atom stereocenters. The van der Waals surface area contributed by atoms with Gasteiger partial charge in [-0.1, -0.05) is 60.7 Å². The number of nitrogens with zero attached hydrogens (tertiary/aromatic N) is 1. The summed E-state index contributed by atoms with van der Waals surface area (Å²) < 4.78 is 28.0. The third-order valence-corrected chi connectivity index (χ3v) is 7.76. The molecule has 1 saturated heterocycles. The zero-order valence-corrected chi connectivity index (χ0v) is 19.7. The second kappa shape index (κ2) is 10.2. The van der Waals surface area contributed by atoms with Gasteiger partial charge in [0.15, 0.2) is 0 Å². The summed E-state index contributed by atoms with van der Waals surface area (Å²) in [5, 5.41) is 5.70. The molecule has 0 saturated carbocycles. The lowest BCUT2D eigenvalue weighted by Gasteiger charge is -2.27. The van der Waals surface area contributed by atoms with Gasteiger partial charge in [0.1, 0.15) is 6.04 Å². The summed E-state index contributed by atoms with van der Waals surface area (Å²) in [6.07, 6.45) is 1.05. The molecule has 1 unspecified atom stereocenters. The molecule has 1 fully saturated rings. The van der Waals surface area contributed by atoms with Crippen LogP contribution in [0, 0.1) is 0 Å². The largest absolute Gasteiger partial charge is 0.344 e. The lowest BCUT2D eigenvalue weighted by atomic mass is 9.98. The number of carbonyl (C=O) groups is 2. The van der Waals surface area contributed by atoms with E-state index < -0.39 is 22.1 Å². The summed E-state index contributed by atoms with van der Waals surface area (Å²) in [4.78, 5) is 24.7. The van der Waals surface area contributed by atoms with Crippen LogP contribution < -0.4 is 10.6 Å². The molecule has 0 aliphatic carbocycles. The van der Waals surface area contributed by atoms with E-state index in [4.69, 9.17) is 0 Å². The maximum atomic E-state index is 13.4. The van der Waals surface area contributed by atoms with E-state index in [-0.39, 0.29) is 23.3 Å². The van der Waals surface area contributed by atoms with Gasteiger partial charge in [-0.3, -0.25) is 9.59 Å². The van der Waals surface area contributed by atoms with Crippen LogP contribution in [0.25, 0.3) is 0 Å². The average molecular weight is 478 g/mol. The summed E-state index contributed by atoms with van der Waals surface area (Å²) in [6, 6.07) is 24.0. The number of hydrogen-bond donors (Lipinski definition) is 2. The van der Waals surface area contributed by atoms with Crippen LogP contribution in [0.15, 0.2) is 89.8 Å². The van der Waals surface area contributed by atoms with E-state index in [2.05, 4.69) is 10.6 Å². The van der Waals surface area contributed by atoms with Crippen molar-refractivity contribution in [3.63, 3.8) is 0 Å².